The molecule has 0 heterocycles. The predicted molar refractivity (Wildman–Crippen MR) is 80.6 cm³/mol. The molecule has 0 spiro atoms. The third-order valence-electron chi connectivity index (χ3n) is 5.88. The summed E-state index contributed by atoms with van der Waals surface area (Å²) in [6.07, 6.45) is 15.1. The molecule has 18 heavy (non-hydrogen) atoms. The highest BCUT2D eigenvalue weighted by Crippen LogP contribution is 2.39. The van der Waals surface area contributed by atoms with Crippen molar-refractivity contribution in [1.82, 2.24) is 0 Å². The van der Waals surface area contributed by atoms with Crippen LogP contribution >= 0.6 is 0 Å². The van der Waals surface area contributed by atoms with E-state index in [0.717, 1.165) is 29.6 Å². The van der Waals surface area contributed by atoms with Gasteiger partial charge in [-0.3, -0.25) is 0 Å². The first kappa shape index (κ1) is 14.4. The Labute approximate surface area is 115 Å². The average molecular weight is 250 g/mol. The Balaban J connectivity index is 1.80. The summed E-state index contributed by atoms with van der Waals surface area (Å²) in [5, 5.41) is 0. The standard InChI is InChI=1S/C18H34/c1-14-6-4-8-17(9-5-7-14)13-18-12-15(2)10-11-16(18)3/h14-18H,4-13H2,1-3H3. The van der Waals surface area contributed by atoms with E-state index in [2.05, 4.69) is 20.8 Å². The lowest BCUT2D eigenvalue weighted by Gasteiger charge is -2.35. The van der Waals surface area contributed by atoms with Crippen LogP contribution in [0.5, 0.6) is 0 Å². The van der Waals surface area contributed by atoms with Crippen molar-refractivity contribution in [3.05, 3.63) is 0 Å². The molecule has 0 heteroatoms. The molecule has 0 aromatic heterocycles. The van der Waals surface area contributed by atoms with Crippen LogP contribution in [0.15, 0.2) is 0 Å². The Bertz CT molecular complexity index is 222. The summed E-state index contributed by atoms with van der Waals surface area (Å²) in [5.41, 5.74) is 0. The van der Waals surface area contributed by atoms with Gasteiger partial charge in [-0.2, -0.15) is 0 Å². The van der Waals surface area contributed by atoms with E-state index in [1.807, 2.05) is 0 Å². The maximum Gasteiger partial charge on any atom is -0.0383 e. The molecule has 0 aliphatic heterocycles. The van der Waals surface area contributed by atoms with Crippen molar-refractivity contribution >= 4 is 0 Å². The van der Waals surface area contributed by atoms with Gasteiger partial charge in [-0.25, -0.2) is 0 Å². The van der Waals surface area contributed by atoms with Gasteiger partial charge in [0.25, 0.3) is 0 Å². The highest BCUT2D eigenvalue weighted by molar-refractivity contribution is 4.79. The molecule has 0 bridgehead atoms. The first-order valence-electron chi connectivity index (χ1n) is 8.65. The van der Waals surface area contributed by atoms with Crippen LogP contribution in [-0.4, -0.2) is 0 Å². The highest BCUT2D eigenvalue weighted by atomic mass is 14.3. The van der Waals surface area contributed by atoms with Crippen LogP contribution in [0.25, 0.3) is 0 Å². The van der Waals surface area contributed by atoms with E-state index in [1.54, 1.807) is 6.42 Å². The van der Waals surface area contributed by atoms with E-state index in [4.69, 9.17) is 0 Å². The molecule has 0 amide bonds. The van der Waals surface area contributed by atoms with Crippen LogP contribution in [-0.2, 0) is 0 Å². The van der Waals surface area contributed by atoms with Crippen LogP contribution in [0.2, 0.25) is 0 Å². The molecule has 2 rings (SSSR count). The van der Waals surface area contributed by atoms with Crippen molar-refractivity contribution < 1.29 is 0 Å². The van der Waals surface area contributed by atoms with Gasteiger partial charge in [0.2, 0.25) is 0 Å². The van der Waals surface area contributed by atoms with E-state index in [1.165, 1.54) is 57.8 Å². The molecule has 3 unspecified atom stereocenters. The zero-order chi connectivity index (χ0) is 13.0. The molecular weight excluding hydrogens is 216 g/mol. The van der Waals surface area contributed by atoms with E-state index in [9.17, 15) is 0 Å². The summed E-state index contributed by atoms with van der Waals surface area (Å²) >= 11 is 0. The van der Waals surface area contributed by atoms with Crippen molar-refractivity contribution in [1.29, 1.82) is 0 Å². The van der Waals surface area contributed by atoms with Crippen molar-refractivity contribution in [3.63, 3.8) is 0 Å². The Morgan fingerprint density at radius 1 is 0.722 bits per heavy atom. The maximum absolute atomic E-state index is 2.52. The molecule has 2 saturated carbocycles. The quantitative estimate of drug-likeness (QED) is 0.559. The fourth-order valence-electron chi connectivity index (χ4n) is 4.44. The summed E-state index contributed by atoms with van der Waals surface area (Å²) in [7, 11) is 0. The first-order chi connectivity index (χ1) is 8.65. The summed E-state index contributed by atoms with van der Waals surface area (Å²) in [6.45, 7) is 7.44. The van der Waals surface area contributed by atoms with Gasteiger partial charge in [0, 0.05) is 0 Å². The summed E-state index contributed by atoms with van der Waals surface area (Å²) in [6, 6.07) is 0. The first-order valence-corrected chi connectivity index (χ1v) is 8.65. The number of hydrogen-bond donors (Lipinski definition) is 0. The molecule has 0 saturated heterocycles. The molecule has 0 aromatic rings. The van der Waals surface area contributed by atoms with Crippen LogP contribution in [0.3, 0.4) is 0 Å². The largest absolute Gasteiger partial charge is 0.0625 e. The highest BCUT2D eigenvalue weighted by Gasteiger charge is 2.28. The van der Waals surface area contributed by atoms with E-state index in [0.29, 0.717) is 0 Å². The van der Waals surface area contributed by atoms with Gasteiger partial charge in [-0.05, 0) is 42.4 Å². The molecule has 0 aromatic carbocycles. The maximum atomic E-state index is 2.52. The monoisotopic (exact) mass is 250 g/mol. The minimum absolute atomic E-state index is 1.000. The van der Waals surface area contributed by atoms with E-state index < -0.39 is 0 Å². The Morgan fingerprint density at radius 2 is 1.39 bits per heavy atom. The zero-order valence-corrected chi connectivity index (χ0v) is 13.0. The summed E-state index contributed by atoms with van der Waals surface area (Å²) in [4.78, 5) is 0. The Morgan fingerprint density at radius 3 is 2.06 bits per heavy atom. The molecular formula is C18H34. The molecule has 2 aliphatic rings. The lowest BCUT2D eigenvalue weighted by atomic mass is 9.70. The third-order valence-corrected chi connectivity index (χ3v) is 5.88. The van der Waals surface area contributed by atoms with Crippen LogP contribution in [0, 0.1) is 29.6 Å². The molecule has 0 N–H and O–H groups in total. The minimum Gasteiger partial charge on any atom is -0.0625 e. The Hall–Kier alpha value is 0. The molecule has 2 aliphatic carbocycles. The molecule has 0 nitrogen and oxygen atoms in total. The van der Waals surface area contributed by atoms with Crippen LogP contribution in [0.1, 0.15) is 85.0 Å². The molecule has 3 atom stereocenters. The second-order valence-electron chi connectivity index (χ2n) is 7.72. The smallest absolute Gasteiger partial charge is 0.0383 e. The van der Waals surface area contributed by atoms with Gasteiger partial charge in [0.05, 0.1) is 0 Å². The number of rotatable bonds is 2. The summed E-state index contributed by atoms with van der Waals surface area (Å²) in [5.74, 6) is 5.12. The molecule has 106 valence electrons. The van der Waals surface area contributed by atoms with E-state index >= 15 is 0 Å². The number of hydrogen-bond acceptors (Lipinski definition) is 0. The normalized spacial score (nSPS) is 43.2. The van der Waals surface area contributed by atoms with Crippen molar-refractivity contribution in [2.75, 3.05) is 0 Å². The van der Waals surface area contributed by atoms with Gasteiger partial charge in [-0.15, -0.1) is 0 Å². The summed E-state index contributed by atoms with van der Waals surface area (Å²) < 4.78 is 0. The van der Waals surface area contributed by atoms with Gasteiger partial charge >= 0.3 is 0 Å². The van der Waals surface area contributed by atoms with Crippen molar-refractivity contribution in [2.45, 2.75) is 85.0 Å². The fourth-order valence-corrected chi connectivity index (χ4v) is 4.44. The lowest BCUT2D eigenvalue weighted by Crippen LogP contribution is -2.24. The zero-order valence-electron chi connectivity index (χ0n) is 13.0. The average Bonchev–Trinajstić information content (AvgIpc) is 2.30. The third kappa shape index (κ3) is 4.28. The molecule has 2 fully saturated rings. The van der Waals surface area contributed by atoms with Gasteiger partial charge in [0.1, 0.15) is 0 Å². The molecule has 0 radical (unpaired) electrons. The SMILES string of the molecule is CC1CCCC(CC2CC(C)CCC2C)CCC1. The second-order valence-corrected chi connectivity index (χ2v) is 7.72. The van der Waals surface area contributed by atoms with Gasteiger partial charge < -0.3 is 0 Å². The van der Waals surface area contributed by atoms with Crippen molar-refractivity contribution in [3.8, 4) is 0 Å². The lowest BCUT2D eigenvalue weighted by molar-refractivity contribution is 0.157. The topological polar surface area (TPSA) is 0 Å². The van der Waals surface area contributed by atoms with Gasteiger partial charge in [0.15, 0.2) is 0 Å². The van der Waals surface area contributed by atoms with Crippen LogP contribution in [0.4, 0.5) is 0 Å². The van der Waals surface area contributed by atoms with Crippen LogP contribution < -0.4 is 0 Å². The van der Waals surface area contributed by atoms with Gasteiger partial charge in [-0.1, -0.05) is 72.1 Å². The minimum atomic E-state index is 1.000. The van der Waals surface area contributed by atoms with E-state index in [-0.39, 0.29) is 0 Å². The fraction of sp³-hybridized carbons (Fsp3) is 1.00. The van der Waals surface area contributed by atoms with Crippen molar-refractivity contribution in [2.24, 2.45) is 29.6 Å². The Kier molecular flexibility index (Phi) is 5.57. The predicted octanol–water partition coefficient (Wildman–Crippen LogP) is 6.06. The second kappa shape index (κ2) is 6.96.